The van der Waals surface area contributed by atoms with Crippen LogP contribution in [-0.4, -0.2) is 32.1 Å². The standard InChI is InChI=1S/C25H24ClN3O3S/c26-18-10-9-15(24(30)31)14-17(18)20-11-12-21(32-20)23-22(19-8-4-5-13-27-19)28-25(33)29(23)16-6-2-1-3-7-16/h4-5,8-14,16,22-23H,1-3,6-7H2,(H,28,33)(H,30,31)/t22-,23+/m1/s1. The molecular weight excluding hydrogens is 458 g/mol. The number of aromatic nitrogens is 1. The van der Waals surface area contributed by atoms with Crippen LogP contribution in [0, 0.1) is 0 Å². The number of aromatic carboxylic acids is 1. The van der Waals surface area contributed by atoms with Crippen LogP contribution in [0.25, 0.3) is 11.3 Å². The summed E-state index contributed by atoms with van der Waals surface area (Å²) < 4.78 is 6.34. The Hall–Kier alpha value is -2.90. The molecule has 170 valence electrons. The molecule has 1 saturated heterocycles. The van der Waals surface area contributed by atoms with Gasteiger partial charge in [0.2, 0.25) is 0 Å². The number of furan rings is 1. The highest BCUT2D eigenvalue weighted by molar-refractivity contribution is 7.80. The zero-order valence-corrected chi connectivity index (χ0v) is 19.5. The fourth-order valence-corrected chi connectivity index (χ4v) is 5.53. The number of carboxylic acids is 1. The molecule has 0 unspecified atom stereocenters. The van der Waals surface area contributed by atoms with Gasteiger partial charge in [0.1, 0.15) is 17.6 Å². The molecule has 2 fully saturated rings. The van der Waals surface area contributed by atoms with Gasteiger partial charge in [-0.3, -0.25) is 4.98 Å². The first kappa shape index (κ1) is 21.9. The molecule has 0 radical (unpaired) electrons. The van der Waals surface area contributed by atoms with E-state index in [4.69, 9.17) is 28.2 Å². The van der Waals surface area contributed by atoms with E-state index >= 15 is 0 Å². The smallest absolute Gasteiger partial charge is 0.335 e. The first-order chi connectivity index (χ1) is 16.0. The van der Waals surface area contributed by atoms with Crippen LogP contribution < -0.4 is 5.32 Å². The molecule has 33 heavy (non-hydrogen) atoms. The molecule has 5 rings (SSSR count). The van der Waals surface area contributed by atoms with Crippen LogP contribution in [0.3, 0.4) is 0 Å². The second-order valence-corrected chi connectivity index (χ2v) is 9.32. The Labute approximate surface area is 202 Å². The number of thiocarbonyl (C=S) groups is 1. The predicted molar refractivity (Wildman–Crippen MR) is 130 cm³/mol. The molecule has 2 atom stereocenters. The SMILES string of the molecule is O=C(O)c1ccc(Cl)c(-c2ccc([C@H]3[C@@H](c4ccccn4)NC(=S)N3C3CCCCC3)o2)c1. The van der Waals surface area contributed by atoms with Gasteiger partial charge < -0.3 is 19.7 Å². The summed E-state index contributed by atoms with van der Waals surface area (Å²) in [6.07, 6.45) is 7.59. The fourth-order valence-electron chi connectivity index (χ4n) is 4.93. The van der Waals surface area contributed by atoms with Crippen molar-refractivity contribution in [2.75, 3.05) is 0 Å². The third-order valence-corrected chi connectivity index (χ3v) is 7.16. The van der Waals surface area contributed by atoms with E-state index in [-0.39, 0.29) is 17.6 Å². The van der Waals surface area contributed by atoms with Crippen molar-refractivity contribution < 1.29 is 14.3 Å². The van der Waals surface area contributed by atoms with Gasteiger partial charge in [-0.15, -0.1) is 0 Å². The van der Waals surface area contributed by atoms with E-state index in [0.717, 1.165) is 24.3 Å². The summed E-state index contributed by atoms with van der Waals surface area (Å²) in [5.41, 5.74) is 1.60. The van der Waals surface area contributed by atoms with Crippen LogP contribution in [0.5, 0.6) is 0 Å². The average molecular weight is 482 g/mol. The molecule has 2 N–H and O–H groups in total. The minimum absolute atomic E-state index is 0.152. The van der Waals surface area contributed by atoms with Crippen molar-refractivity contribution in [3.05, 3.63) is 76.8 Å². The van der Waals surface area contributed by atoms with Crippen LogP contribution in [0.4, 0.5) is 0 Å². The summed E-state index contributed by atoms with van der Waals surface area (Å²) in [6, 6.07) is 14.3. The zero-order chi connectivity index (χ0) is 22.9. The van der Waals surface area contributed by atoms with Crippen molar-refractivity contribution in [2.45, 2.75) is 50.2 Å². The minimum Gasteiger partial charge on any atom is -0.478 e. The average Bonchev–Trinajstić information content (AvgIpc) is 3.45. The van der Waals surface area contributed by atoms with Crippen molar-refractivity contribution in [3.63, 3.8) is 0 Å². The molecular formula is C25H24ClN3O3S. The van der Waals surface area contributed by atoms with Crippen LogP contribution in [0.15, 0.2) is 59.1 Å². The number of nitrogens with zero attached hydrogens (tertiary/aromatic N) is 2. The van der Waals surface area contributed by atoms with Crippen molar-refractivity contribution in [1.29, 1.82) is 0 Å². The van der Waals surface area contributed by atoms with Gasteiger partial charge in [0.05, 0.1) is 22.3 Å². The van der Waals surface area contributed by atoms with Gasteiger partial charge in [-0.1, -0.05) is 36.9 Å². The van der Waals surface area contributed by atoms with Gasteiger partial charge >= 0.3 is 5.97 Å². The fraction of sp³-hybridized carbons (Fsp3) is 0.320. The number of hydrogen-bond donors (Lipinski definition) is 2. The third kappa shape index (κ3) is 4.23. The molecule has 3 aromatic rings. The van der Waals surface area contributed by atoms with Gasteiger partial charge in [-0.2, -0.15) is 0 Å². The lowest BCUT2D eigenvalue weighted by molar-refractivity contribution is 0.0697. The van der Waals surface area contributed by atoms with Crippen LogP contribution >= 0.6 is 23.8 Å². The lowest BCUT2D eigenvalue weighted by atomic mass is 9.92. The Bertz CT molecular complexity index is 1180. The molecule has 1 saturated carbocycles. The first-order valence-corrected chi connectivity index (χ1v) is 11.9. The van der Waals surface area contributed by atoms with E-state index in [1.165, 1.54) is 25.3 Å². The monoisotopic (exact) mass is 481 g/mol. The Morgan fingerprint density at radius 2 is 1.97 bits per heavy atom. The number of nitrogens with one attached hydrogen (secondary N) is 1. The van der Waals surface area contributed by atoms with Crippen LogP contribution in [-0.2, 0) is 0 Å². The Kier molecular flexibility index (Phi) is 6.08. The van der Waals surface area contributed by atoms with E-state index in [1.807, 2.05) is 30.3 Å². The van der Waals surface area contributed by atoms with E-state index in [9.17, 15) is 9.90 Å². The van der Waals surface area contributed by atoms with Crippen molar-refractivity contribution in [3.8, 4) is 11.3 Å². The lowest BCUT2D eigenvalue weighted by Gasteiger charge is -2.36. The number of pyridine rings is 1. The summed E-state index contributed by atoms with van der Waals surface area (Å²) >= 11 is 12.2. The number of carbonyl (C=O) groups is 1. The maximum Gasteiger partial charge on any atom is 0.335 e. The summed E-state index contributed by atoms with van der Waals surface area (Å²) in [5, 5.41) is 14.0. The summed E-state index contributed by atoms with van der Waals surface area (Å²) in [7, 11) is 0. The normalized spacial score (nSPS) is 21.2. The quantitative estimate of drug-likeness (QED) is 0.433. The molecule has 1 aromatic carbocycles. The number of hydrogen-bond acceptors (Lipinski definition) is 4. The summed E-state index contributed by atoms with van der Waals surface area (Å²) in [5.74, 6) is 0.262. The maximum atomic E-state index is 11.5. The molecule has 0 spiro atoms. The number of halogens is 1. The van der Waals surface area contributed by atoms with Crippen molar-refractivity contribution in [1.82, 2.24) is 15.2 Å². The minimum atomic E-state index is -1.01. The number of carboxylic acid groups (broad SMARTS) is 1. The van der Waals surface area contributed by atoms with E-state index < -0.39 is 5.97 Å². The van der Waals surface area contributed by atoms with Gasteiger partial charge in [0.25, 0.3) is 0 Å². The Balaban J connectivity index is 1.56. The molecule has 2 aliphatic rings. The largest absolute Gasteiger partial charge is 0.478 e. The highest BCUT2D eigenvalue weighted by atomic mass is 35.5. The molecule has 3 heterocycles. The second-order valence-electron chi connectivity index (χ2n) is 8.53. The lowest BCUT2D eigenvalue weighted by Crippen LogP contribution is -2.40. The maximum absolute atomic E-state index is 11.5. The molecule has 0 amide bonds. The second kappa shape index (κ2) is 9.15. The van der Waals surface area contributed by atoms with Gasteiger partial charge in [0.15, 0.2) is 5.11 Å². The van der Waals surface area contributed by atoms with Crippen LogP contribution in [0.2, 0.25) is 5.02 Å². The topological polar surface area (TPSA) is 78.6 Å². The summed E-state index contributed by atoms with van der Waals surface area (Å²) in [4.78, 5) is 18.3. The number of benzene rings is 1. The van der Waals surface area contributed by atoms with Crippen molar-refractivity contribution in [2.24, 2.45) is 0 Å². The van der Waals surface area contributed by atoms with E-state index in [0.29, 0.717) is 27.5 Å². The van der Waals surface area contributed by atoms with E-state index in [1.54, 1.807) is 18.3 Å². The Morgan fingerprint density at radius 1 is 1.15 bits per heavy atom. The molecule has 1 aliphatic carbocycles. The third-order valence-electron chi connectivity index (χ3n) is 6.50. The highest BCUT2D eigenvalue weighted by Gasteiger charge is 2.44. The van der Waals surface area contributed by atoms with Gasteiger partial charge in [-0.25, -0.2) is 4.79 Å². The van der Waals surface area contributed by atoms with Gasteiger partial charge in [-0.05, 0) is 67.5 Å². The molecule has 2 aromatic heterocycles. The van der Waals surface area contributed by atoms with Crippen LogP contribution in [0.1, 0.15) is 66.0 Å². The van der Waals surface area contributed by atoms with E-state index in [2.05, 4.69) is 15.2 Å². The first-order valence-electron chi connectivity index (χ1n) is 11.2. The molecule has 8 heteroatoms. The summed E-state index contributed by atoms with van der Waals surface area (Å²) in [6.45, 7) is 0. The van der Waals surface area contributed by atoms with Gasteiger partial charge in [0, 0.05) is 17.8 Å². The Morgan fingerprint density at radius 3 is 2.70 bits per heavy atom. The van der Waals surface area contributed by atoms with Crippen molar-refractivity contribution >= 4 is 34.9 Å². The molecule has 1 aliphatic heterocycles. The molecule has 0 bridgehead atoms. The highest BCUT2D eigenvalue weighted by Crippen LogP contribution is 2.44. The molecule has 6 nitrogen and oxygen atoms in total. The predicted octanol–water partition coefficient (Wildman–Crippen LogP) is 6.00. The zero-order valence-electron chi connectivity index (χ0n) is 17.9. The number of rotatable bonds is 5.